The number of aromatic nitrogens is 4. The third-order valence-electron chi connectivity index (χ3n) is 9.87. The summed E-state index contributed by atoms with van der Waals surface area (Å²) in [6, 6.07) is 46.5. The Kier molecular flexibility index (Phi) is 5.28. The van der Waals surface area contributed by atoms with Gasteiger partial charge in [0.2, 0.25) is 5.95 Å². The first kappa shape index (κ1) is 26.2. The normalized spacial score (nSPS) is 13.5. The Morgan fingerprint density at radius 3 is 2.11 bits per heavy atom. The first-order valence-electron chi connectivity index (χ1n) is 16.0. The largest absolute Gasteiger partial charge is 0.456 e. The van der Waals surface area contributed by atoms with Gasteiger partial charge in [0, 0.05) is 43.7 Å². The summed E-state index contributed by atoms with van der Waals surface area (Å²) >= 11 is 0. The highest BCUT2D eigenvalue weighted by Gasteiger charge is 2.37. The first-order valence-corrected chi connectivity index (χ1v) is 16.0. The van der Waals surface area contributed by atoms with Crippen molar-refractivity contribution in [1.82, 2.24) is 19.5 Å². The molecule has 10 rings (SSSR count). The van der Waals surface area contributed by atoms with Crippen LogP contribution in [0, 0.1) is 0 Å². The summed E-state index contributed by atoms with van der Waals surface area (Å²) in [7, 11) is 0. The molecule has 5 heteroatoms. The molecule has 6 aromatic carbocycles. The van der Waals surface area contributed by atoms with Gasteiger partial charge in [0.1, 0.15) is 11.2 Å². The van der Waals surface area contributed by atoms with Crippen molar-refractivity contribution in [3.8, 4) is 39.9 Å². The maximum absolute atomic E-state index is 6.15. The summed E-state index contributed by atoms with van der Waals surface area (Å²) in [4.78, 5) is 15.6. The molecule has 0 aliphatic heterocycles. The van der Waals surface area contributed by atoms with Crippen LogP contribution in [0.3, 0.4) is 0 Å². The second-order valence-electron chi connectivity index (χ2n) is 12.9. The Labute approximate surface area is 270 Å². The third kappa shape index (κ3) is 3.68. The SMILES string of the molecule is CC1(C)c2ccccc2-c2c1ccc1c3ccccc3n(-c3nc(-c4ccccc4)nc(-c4ccc5oc6ccccc6c5c4)n3)c21. The second kappa shape index (κ2) is 9.47. The smallest absolute Gasteiger partial charge is 0.238 e. The van der Waals surface area contributed by atoms with Gasteiger partial charge in [0.25, 0.3) is 0 Å². The van der Waals surface area contributed by atoms with Crippen molar-refractivity contribution in [3.63, 3.8) is 0 Å². The van der Waals surface area contributed by atoms with Crippen molar-refractivity contribution in [1.29, 1.82) is 0 Å². The van der Waals surface area contributed by atoms with E-state index in [4.69, 9.17) is 19.4 Å². The lowest BCUT2D eigenvalue weighted by Crippen LogP contribution is -2.14. The molecule has 222 valence electrons. The summed E-state index contributed by atoms with van der Waals surface area (Å²) < 4.78 is 8.40. The molecule has 1 aliphatic carbocycles. The van der Waals surface area contributed by atoms with Crippen LogP contribution in [0.5, 0.6) is 0 Å². The van der Waals surface area contributed by atoms with Gasteiger partial charge in [-0.05, 0) is 47.0 Å². The van der Waals surface area contributed by atoms with E-state index in [0.717, 1.165) is 44.1 Å². The molecule has 0 saturated carbocycles. The van der Waals surface area contributed by atoms with Crippen LogP contribution in [0.25, 0.3) is 83.6 Å². The van der Waals surface area contributed by atoms with E-state index >= 15 is 0 Å². The van der Waals surface area contributed by atoms with Crippen molar-refractivity contribution in [3.05, 3.63) is 145 Å². The minimum absolute atomic E-state index is 0.135. The van der Waals surface area contributed by atoms with Crippen LogP contribution in [0.1, 0.15) is 25.0 Å². The lowest BCUT2D eigenvalue weighted by atomic mass is 9.82. The molecule has 3 aromatic heterocycles. The molecule has 0 bridgehead atoms. The standard InChI is InChI=1S/C42H28N4O/c1-42(2)32-17-9-6-16-30(32)37-33(42)22-21-29-27-14-7-10-18-34(27)46(38(29)37)41-44-39(25-12-4-3-5-13-25)43-40(45-41)26-20-23-36-31(24-26)28-15-8-11-19-35(28)47-36/h3-24H,1-2H3. The summed E-state index contributed by atoms with van der Waals surface area (Å²) in [5.41, 5.74) is 10.7. The molecular weight excluding hydrogens is 576 g/mol. The summed E-state index contributed by atoms with van der Waals surface area (Å²) in [5, 5.41) is 4.46. The molecular formula is C42H28N4O. The van der Waals surface area contributed by atoms with E-state index in [2.05, 4.69) is 103 Å². The van der Waals surface area contributed by atoms with E-state index in [1.807, 2.05) is 48.5 Å². The van der Waals surface area contributed by atoms with Crippen LogP contribution >= 0.6 is 0 Å². The van der Waals surface area contributed by atoms with Gasteiger partial charge in [-0.2, -0.15) is 9.97 Å². The summed E-state index contributed by atoms with van der Waals surface area (Å²) in [5.74, 6) is 1.83. The molecule has 0 radical (unpaired) electrons. The lowest BCUT2D eigenvalue weighted by molar-refractivity contribution is 0.660. The average Bonchev–Trinajstić information content (AvgIpc) is 3.74. The Morgan fingerprint density at radius 1 is 0.532 bits per heavy atom. The molecule has 0 atom stereocenters. The fourth-order valence-electron chi connectivity index (χ4n) is 7.63. The van der Waals surface area contributed by atoms with Gasteiger partial charge in [-0.3, -0.25) is 4.57 Å². The lowest BCUT2D eigenvalue weighted by Gasteiger charge is -2.21. The molecule has 0 fully saturated rings. The number of furan rings is 1. The molecule has 0 unspecified atom stereocenters. The number of rotatable bonds is 3. The van der Waals surface area contributed by atoms with Crippen LogP contribution in [-0.4, -0.2) is 19.5 Å². The summed E-state index contributed by atoms with van der Waals surface area (Å²) in [6.45, 7) is 4.64. The van der Waals surface area contributed by atoms with Crippen molar-refractivity contribution in [2.75, 3.05) is 0 Å². The zero-order chi connectivity index (χ0) is 31.3. The van der Waals surface area contributed by atoms with Crippen molar-refractivity contribution < 1.29 is 4.42 Å². The van der Waals surface area contributed by atoms with E-state index in [1.165, 1.54) is 33.0 Å². The molecule has 0 N–H and O–H groups in total. The highest BCUT2D eigenvalue weighted by molar-refractivity contribution is 6.15. The van der Waals surface area contributed by atoms with Crippen LogP contribution in [0.2, 0.25) is 0 Å². The van der Waals surface area contributed by atoms with Crippen molar-refractivity contribution in [2.24, 2.45) is 0 Å². The van der Waals surface area contributed by atoms with Crippen LogP contribution in [0.4, 0.5) is 0 Å². The quantitative estimate of drug-likeness (QED) is 0.201. The van der Waals surface area contributed by atoms with E-state index in [0.29, 0.717) is 17.6 Å². The average molecular weight is 605 g/mol. The zero-order valence-electron chi connectivity index (χ0n) is 25.9. The number of nitrogens with zero attached hydrogens (tertiary/aromatic N) is 4. The predicted molar refractivity (Wildman–Crippen MR) is 190 cm³/mol. The number of fused-ring (bicyclic) bond motifs is 10. The number of hydrogen-bond acceptors (Lipinski definition) is 4. The molecule has 47 heavy (non-hydrogen) atoms. The molecule has 1 aliphatic rings. The van der Waals surface area contributed by atoms with Gasteiger partial charge in [-0.15, -0.1) is 0 Å². The van der Waals surface area contributed by atoms with Crippen molar-refractivity contribution >= 4 is 43.7 Å². The molecule has 0 saturated heterocycles. The van der Waals surface area contributed by atoms with E-state index in [1.54, 1.807) is 0 Å². The van der Waals surface area contributed by atoms with Gasteiger partial charge < -0.3 is 4.42 Å². The van der Waals surface area contributed by atoms with Gasteiger partial charge in [-0.1, -0.05) is 117 Å². The highest BCUT2D eigenvalue weighted by Crippen LogP contribution is 2.52. The number of benzene rings is 6. The molecule has 3 heterocycles. The molecule has 5 nitrogen and oxygen atoms in total. The van der Waals surface area contributed by atoms with Gasteiger partial charge in [0.05, 0.1) is 11.0 Å². The second-order valence-corrected chi connectivity index (χ2v) is 12.9. The van der Waals surface area contributed by atoms with Gasteiger partial charge in [0.15, 0.2) is 11.6 Å². The monoisotopic (exact) mass is 604 g/mol. The fourth-order valence-corrected chi connectivity index (χ4v) is 7.63. The Hall–Kier alpha value is -6.07. The Bertz CT molecular complexity index is 2720. The first-order chi connectivity index (χ1) is 23.1. The van der Waals surface area contributed by atoms with Gasteiger partial charge >= 0.3 is 0 Å². The minimum Gasteiger partial charge on any atom is -0.456 e. The van der Waals surface area contributed by atoms with E-state index < -0.39 is 0 Å². The Balaban J connectivity index is 1.31. The minimum atomic E-state index is -0.135. The molecule has 0 amide bonds. The van der Waals surface area contributed by atoms with E-state index in [-0.39, 0.29) is 5.41 Å². The maximum Gasteiger partial charge on any atom is 0.238 e. The summed E-state index contributed by atoms with van der Waals surface area (Å²) in [6.07, 6.45) is 0. The van der Waals surface area contributed by atoms with Crippen LogP contribution in [-0.2, 0) is 5.41 Å². The highest BCUT2D eigenvalue weighted by atomic mass is 16.3. The Morgan fingerprint density at radius 2 is 1.23 bits per heavy atom. The zero-order valence-corrected chi connectivity index (χ0v) is 25.9. The fraction of sp³-hybridized carbons (Fsp3) is 0.0714. The number of para-hydroxylation sites is 2. The van der Waals surface area contributed by atoms with Gasteiger partial charge in [-0.25, -0.2) is 4.98 Å². The van der Waals surface area contributed by atoms with Crippen LogP contribution in [0.15, 0.2) is 138 Å². The molecule has 0 spiro atoms. The molecule has 9 aromatic rings. The van der Waals surface area contributed by atoms with Crippen LogP contribution < -0.4 is 0 Å². The number of hydrogen-bond donors (Lipinski definition) is 0. The predicted octanol–water partition coefficient (Wildman–Crippen LogP) is 10.5. The topological polar surface area (TPSA) is 56.7 Å². The van der Waals surface area contributed by atoms with E-state index in [9.17, 15) is 0 Å². The van der Waals surface area contributed by atoms with Crippen molar-refractivity contribution in [2.45, 2.75) is 19.3 Å². The maximum atomic E-state index is 6.15. The third-order valence-corrected chi connectivity index (χ3v) is 9.87.